The molecule has 1 aromatic rings. The summed E-state index contributed by atoms with van der Waals surface area (Å²) in [6.45, 7) is 4.97. The van der Waals surface area contributed by atoms with E-state index in [0.717, 1.165) is 37.8 Å². The van der Waals surface area contributed by atoms with E-state index in [1.54, 1.807) is 0 Å². The highest BCUT2D eigenvalue weighted by atomic mass is 16.5. The van der Waals surface area contributed by atoms with Gasteiger partial charge in [-0.05, 0) is 36.9 Å². The van der Waals surface area contributed by atoms with Crippen molar-refractivity contribution in [1.29, 1.82) is 0 Å². The van der Waals surface area contributed by atoms with E-state index in [0.29, 0.717) is 12.5 Å². The van der Waals surface area contributed by atoms with Crippen LogP contribution in [-0.2, 0) is 6.42 Å². The molecule has 5 nitrogen and oxygen atoms in total. The van der Waals surface area contributed by atoms with E-state index in [-0.39, 0.29) is 0 Å². The third-order valence-electron chi connectivity index (χ3n) is 3.60. The third kappa shape index (κ3) is 3.70. The maximum absolute atomic E-state index is 5.60. The van der Waals surface area contributed by atoms with Crippen molar-refractivity contribution in [3.05, 3.63) is 5.89 Å². The van der Waals surface area contributed by atoms with Gasteiger partial charge in [-0.1, -0.05) is 19.8 Å². The number of nitrogens with zero attached hydrogens (tertiary/aromatic N) is 3. The lowest BCUT2D eigenvalue weighted by Gasteiger charge is -2.16. The molecule has 5 heteroatoms. The number of nitrogens with two attached hydrogens (primary N) is 1. The maximum atomic E-state index is 5.60. The molecule has 1 aliphatic heterocycles. The highest BCUT2D eigenvalue weighted by Crippen LogP contribution is 2.17. The number of hydrogen-bond acceptors (Lipinski definition) is 5. The van der Waals surface area contributed by atoms with E-state index in [4.69, 9.17) is 10.3 Å². The third-order valence-corrected chi connectivity index (χ3v) is 3.60. The van der Waals surface area contributed by atoms with Gasteiger partial charge in [0.15, 0.2) is 0 Å². The van der Waals surface area contributed by atoms with E-state index < -0.39 is 0 Å². The molecule has 2 heterocycles. The number of hydrogen-bond donors (Lipinski definition) is 1. The van der Waals surface area contributed by atoms with Gasteiger partial charge in [-0.3, -0.25) is 0 Å². The zero-order valence-electron chi connectivity index (χ0n) is 11.3. The first-order valence-electron chi connectivity index (χ1n) is 7.07. The lowest BCUT2D eigenvalue weighted by molar-refractivity contribution is 0.365. The van der Waals surface area contributed by atoms with Gasteiger partial charge in [-0.15, -0.1) is 0 Å². The summed E-state index contributed by atoms with van der Waals surface area (Å²) >= 11 is 0. The second-order valence-corrected chi connectivity index (χ2v) is 5.27. The second kappa shape index (κ2) is 6.73. The van der Waals surface area contributed by atoms with Gasteiger partial charge in [-0.25, -0.2) is 0 Å². The van der Waals surface area contributed by atoms with Crippen LogP contribution < -0.4 is 10.6 Å². The van der Waals surface area contributed by atoms with Gasteiger partial charge in [-0.2, -0.15) is 4.98 Å². The van der Waals surface area contributed by atoms with Crippen LogP contribution in [0, 0.1) is 5.92 Å². The van der Waals surface area contributed by atoms with Crippen LogP contribution >= 0.6 is 0 Å². The molecule has 18 heavy (non-hydrogen) atoms. The van der Waals surface area contributed by atoms with Crippen molar-refractivity contribution in [2.45, 2.75) is 45.4 Å². The molecule has 0 saturated carbocycles. The molecule has 1 aromatic heterocycles. The lowest BCUT2D eigenvalue weighted by Crippen LogP contribution is -2.24. The molecule has 0 amide bonds. The summed E-state index contributed by atoms with van der Waals surface area (Å²) in [6.07, 6.45) is 6.93. The van der Waals surface area contributed by atoms with Gasteiger partial charge in [0.05, 0.1) is 0 Å². The molecule has 0 spiro atoms. The molecule has 0 radical (unpaired) electrons. The molecule has 2 rings (SSSR count). The quantitative estimate of drug-likeness (QED) is 0.867. The summed E-state index contributed by atoms with van der Waals surface area (Å²) in [7, 11) is 0. The zero-order chi connectivity index (χ0) is 12.8. The fourth-order valence-corrected chi connectivity index (χ4v) is 2.23. The number of aromatic nitrogens is 2. The standard InChI is InChI=1S/C13H24N4O/c1-11(10-14)6-7-12-15-13(16-18-12)17-8-4-2-3-5-9-17/h11H,2-10,14H2,1H3. The van der Waals surface area contributed by atoms with Crippen molar-refractivity contribution in [2.75, 3.05) is 24.5 Å². The van der Waals surface area contributed by atoms with E-state index >= 15 is 0 Å². The van der Waals surface area contributed by atoms with Crippen molar-refractivity contribution < 1.29 is 4.52 Å². The minimum atomic E-state index is 0.513. The molecule has 102 valence electrons. The molecule has 1 fully saturated rings. The van der Waals surface area contributed by atoms with Crippen LogP contribution in [0.1, 0.15) is 44.9 Å². The van der Waals surface area contributed by atoms with Crippen LogP contribution in [0.15, 0.2) is 4.52 Å². The van der Waals surface area contributed by atoms with Crippen LogP contribution in [0.25, 0.3) is 0 Å². The monoisotopic (exact) mass is 252 g/mol. The van der Waals surface area contributed by atoms with Crippen LogP contribution in [0.4, 0.5) is 5.95 Å². The van der Waals surface area contributed by atoms with Crippen LogP contribution in [0.2, 0.25) is 0 Å². The topological polar surface area (TPSA) is 68.2 Å². The predicted molar refractivity (Wildman–Crippen MR) is 71.5 cm³/mol. The maximum Gasteiger partial charge on any atom is 0.266 e. The molecular weight excluding hydrogens is 228 g/mol. The Labute approximate surface area is 109 Å². The number of anilines is 1. The molecule has 1 saturated heterocycles. The number of rotatable bonds is 5. The van der Waals surface area contributed by atoms with Crippen molar-refractivity contribution in [3.8, 4) is 0 Å². The Morgan fingerprint density at radius 2 is 2.00 bits per heavy atom. The Morgan fingerprint density at radius 1 is 1.28 bits per heavy atom. The van der Waals surface area contributed by atoms with Crippen LogP contribution in [-0.4, -0.2) is 29.8 Å². The van der Waals surface area contributed by atoms with Gasteiger partial charge >= 0.3 is 0 Å². The first-order valence-corrected chi connectivity index (χ1v) is 7.07. The Bertz CT molecular complexity index is 345. The zero-order valence-corrected chi connectivity index (χ0v) is 11.3. The molecule has 0 bridgehead atoms. The van der Waals surface area contributed by atoms with E-state index in [1.165, 1.54) is 25.7 Å². The predicted octanol–water partition coefficient (Wildman–Crippen LogP) is 1.98. The molecule has 1 aliphatic rings. The van der Waals surface area contributed by atoms with Crippen LogP contribution in [0.5, 0.6) is 0 Å². The van der Waals surface area contributed by atoms with Gasteiger partial charge in [0, 0.05) is 19.5 Å². The van der Waals surface area contributed by atoms with Crippen LogP contribution in [0.3, 0.4) is 0 Å². The normalized spacial score (nSPS) is 18.7. The molecule has 1 unspecified atom stereocenters. The summed E-state index contributed by atoms with van der Waals surface area (Å²) in [4.78, 5) is 6.73. The van der Waals surface area contributed by atoms with Crippen molar-refractivity contribution in [1.82, 2.24) is 10.1 Å². The Balaban J connectivity index is 1.88. The minimum absolute atomic E-state index is 0.513. The highest BCUT2D eigenvalue weighted by molar-refractivity contribution is 5.27. The Hall–Kier alpha value is -1.10. The molecular formula is C13H24N4O. The lowest BCUT2D eigenvalue weighted by atomic mass is 10.1. The molecule has 2 N–H and O–H groups in total. The van der Waals surface area contributed by atoms with Gasteiger partial charge in [0.1, 0.15) is 0 Å². The van der Waals surface area contributed by atoms with Gasteiger partial charge < -0.3 is 15.2 Å². The van der Waals surface area contributed by atoms with Crippen molar-refractivity contribution in [3.63, 3.8) is 0 Å². The smallest absolute Gasteiger partial charge is 0.266 e. The highest BCUT2D eigenvalue weighted by Gasteiger charge is 2.16. The average Bonchev–Trinajstić information content (AvgIpc) is 2.69. The summed E-state index contributed by atoms with van der Waals surface area (Å²) in [5.41, 5.74) is 5.60. The minimum Gasteiger partial charge on any atom is -0.338 e. The molecule has 1 atom stereocenters. The first-order chi connectivity index (χ1) is 8.79. The fourth-order valence-electron chi connectivity index (χ4n) is 2.23. The van der Waals surface area contributed by atoms with E-state index in [9.17, 15) is 0 Å². The van der Waals surface area contributed by atoms with Gasteiger partial charge in [0.25, 0.3) is 5.95 Å². The molecule has 0 aliphatic carbocycles. The average molecular weight is 252 g/mol. The fraction of sp³-hybridized carbons (Fsp3) is 0.846. The summed E-state index contributed by atoms with van der Waals surface area (Å²) < 4.78 is 5.31. The SMILES string of the molecule is CC(CN)CCc1nc(N2CCCCCC2)no1. The number of aryl methyl sites for hydroxylation is 1. The molecule has 0 aromatic carbocycles. The Morgan fingerprint density at radius 3 is 2.67 bits per heavy atom. The largest absolute Gasteiger partial charge is 0.338 e. The van der Waals surface area contributed by atoms with Crippen molar-refractivity contribution in [2.24, 2.45) is 11.7 Å². The van der Waals surface area contributed by atoms with Crippen molar-refractivity contribution >= 4 is 5.95 Å². The summed E-state index contributed by atoms with van der Waals surface area (Å²) in [6, 6.07) is 0. The summed E-state index contributed by atoms with van der Waals surface area (Å²) in [5, 5.41) is 4.09. The summed E-state index contributed by atoms with van der Waals surface area (Å²) in [5.74, 6) is 2.03. The first kappa shape index (κ1) is 13.3. The van der Waals surface area contributed by atoms with E-state index in [2.05, 4.69) is 22.0 Å². The van der Waals surface area contributed by atoms with E-state index in [1.807, 2.05) is 0 Å². The second-order valence-electron chi connectivity index (χ2n) is 5.27. The van der Waals surface area contributed by atoms with Gasteiger partial charge in [0.2, 0.25) is 5.89 Å². The Kier molecular flexibility index (Phi) is 4.99.